The summed E-state index contributed by atoms with van der Waals surface area (Å²) in [6.45, 7) is 2.62. The molecular formula is C8H16N2O2S. The van der Waals surface area contributed by atoms with Crippen molar-refractivity contribution in [3.63, 3.8) is 0 Å². The molecule has 0 aromatic carbocycles. The molecule has 5 heteroatoms. The first-order valence-electron chi connectivity index (χ1n) is 4.56. The lowest BCUT2D eigenvalue weighted by molar-refractivity contribution is 0.241. The zero-order chi connectivity index (χ0) is 9.73. The van der Waals surface area contributed by atoms with E-state index in [0.29, 0.717) is 6.54 Å². The van der Waals surface area contributed by atoms with E-state index >= 15 is 0 Å². The van der Waals surface area contributed by atoms with Gasteiger partial charge in [-0.15, -0.1) is 0 Å². The van der Waals surface area contributed by atoms with Crippen LogP contribution in [0.3, 0.4) is 0 Å². The van der Waals surface area contributed by atoms with Crippen LogP contribution in [-0.4, -0.2) is 38.7 Å². The summed E-state index contributed by atoms with van der Waals surface area (Å²) in [7, 11) is 1.63. The van der Waals surface area contributed by atoms with Gasteiger partial charge in [-0.2, -0.15) is 0 Å². The zero-order valence-electron chi connectivity index (χ0n) is 7.70. The van der Waals surface area contributed by atoms with Gasteiger partial charge in [-0.1, -0.05) is 6.42 Å². The summed E-state index contributed by atoms with van der Waals surface area (Å²) in [5.41, 5.74) is 0. The standard InChI is InChI=1S/C8H16N2O2S/c1-9-13(11,12)8-7-10-5-3-2-4-6-10/h1,9H,2-8H2. The smallest absolute Gasteiger partial charge is 0.213 e. The highest BCUT2D eigenvalue weighted by molar-refractivity contribution is 7.89. The van der Waals surface area contributed by atoms with Crippen LogP contribution < -0.4 is 4.72 Å². The van der Waals surface area contributed by atoms with Crippen molar-refractivity contribution in [2.45, 2.75) is 19.3 Å². The highest BCUT2D eigenvalue weighted by atomic mass is 32.2. The van der Waals surface area contributed by atoms with Crippen LogP contribution in [0.15, 0.2) is 0 Å². The summed E-state index contributed by atoms with van der Waals surface area (Å²) >= 11 is 0. The van der Waals surface area contributed by atoms with E-state index in [1.54, 1.807) is 0 Å². The maximum absolute atomic E-state index is 11.0. The minimum absolute atomic E-state index is 0.101. The molecular weight excluding hydrogens is 188 g/mol. The molecule has 1 aliphatic heterocycles. The highest BCUT2D eigenvalue weighted by Crippen LogP contribution is 2.07. The van der Waals surface area contributed by atoms with Gasteiger partial charge in [-0.05, 0) is 25.9 Å². The lowest BCUT2D eigenvalue weighted by Crippen LogP contribution is -2.35. The summed E-state index contributed by atoms with van der Waals surface area (Å²) < 4.78 is 23.8. The Hall–Kier alpha value is -0.130. The predicted octanol–water partition coefficient (Wildman–Crippen LogP) is 0.0603. The first kappa shape index (κ1) is 10.9. The molecule has 1 fully saturated rings. The Morgan fingerprint density at radius 1 is 1.23 bits per heavy atom. The fourth-order valence-corrected chi connectivity index (χ4v) is 2.11. The number of sulfonamides is 1. The number of nitrogens with one attached hydrogen (secondary N) is 1. The van der Waals surface area contributed by atoms with E-state index in [4.69, 9.17) is 7.05 Å². The third-order valence-electron chi connectivity index (χ3n) is 2.30. The summed E-state index contributed by atoms with van der Waals surface area (Å²) in [5, 5.41) is 0. The van der Waals surface area contributed by atoms with Crippen molar-refractivity contribution < 1.29 is 8.42 Å². The lowest BCUT2D eigenvalue weighted by atomic mass is 10.1. The lowest BCUT2D eigenvalue weighted by Gasteiger charge is -2.25. The molecule has 0 amide bonds. The van der Waals surface area contributed by atoms with Crippen LogP contribution in [0.2, 0.25) is 0 Å². The first-order valence-corrected chi connectivity index (χ1v) is 6.22. The van der Waals surface area contributed by atoms with E-state index in [0.717, 1.165) is 13.1 Å². The Kier molecular flexibility index (Phi) is 4.15. The van der Waals surface area contributed by atoms with Crippen molar-refractivity contribution in [1.82, 2.24) is 9.62 Å². The van der Waals surface area contributed by atoms with Gasteiger partial charge < -0.3 is 4.90 Å². The van der Waals surface area contributed by atoms with Crippen molar-refractivity contribution in [3.05, 3.63) is 7.05 Å². The maximum atomic E-state index is 11.0. The van der Waals surface area contributed by atoms with Gasteiger partial charge in [0, 0.05) is 6.54 Å². The quantitative estimate of drug-likeness (QED) is 0.659. The van der Waals surface area contributed by atoms with Crippen LogP contribution in [0.25, 0.3) is 0 Å². The SMILES string of the molecule is [CH]NS(=O)(=O)CCN1CCCCC1. The minimum atomic E-state index is -3.23. The number of rotatable bonds is 4. The Labute approximate surface area is 80.4 Å². The molecule has 0 atom stereocenters. The molecule has 0 aliphatic carbocycles. The first-order chi connectivity index (χ1) is 6.14. The third kappa shape index (κ3) is 4.06. The molecule has 0 unspecified atom stereocenters. The van der Waals surface area contributed by atoms with Crippen molar-refractivity contribution >= 4 is 10.0 Å². The van der Waals surface area contributed by atoms with Crippen molar-refractivity contribution in [1.29, 1.82) is 0 Å². The molecule has 1 aliphatic rings. The molecule has 4 nitrogen and oxygen atoms in total. The van der Waals surface area contributed by atoms with Crippen LogP contribution in [-0.2, 0) is 10.0 Å². The number of hydrogen-bond acceptors (Lipinski definition) is 3. The predicted molar refractivity (Wildman–Crippen MR) is 51.5 cm³/mol. The van der Waals surface area contributed by atoms with E-state index in [9.17, 15) is 8.42 Å². The van der Waals surface area contributed by atoms with Gasteiger partial charge in [0.05, 0.1) is 12.8 Å². The fourth-order valence-electron chi connectivity index (χ4n) is 1.49. The number of piperidine rings is 1. The molecule has 0 saturated carbocycles. The van der Waals surface area contributed by atoms with Gasteiger partial charge in [0.1, 0.15) is 0 Å². The Balaban J connectivity index is 2.25. The molecule has 1 N–H and O–H groups in total. The van der Waals surface area contributed by atoms with Crippen LogP contribution in [0.5, 0.6) is 0 Å². The average molecular weight is 204 g/mol. The topological polar surface area (TPSA) is 49.4 Å². The number of nitrogens with zero attached hydrogens (tertiary/aromatic N) is 1. The third-order valence-corrected chi connectivity index (χ3v) is 3.38. The molecule has 2 radical (unpaired) electrons. The molecule has 0 aromatic heterocycles. The number of hydrogen-bond donors (Lipinski definition) is 1. The molecule has 13 heavy (non-hydrogen) atoms. The van der Waals surface area contributed by atoms with Gasteiger partial charge in [0.15, 0.2) is 0 Å². The van der Waals surface area contributed by atoms with Gasteiger partial charge in [0.25, 0.3) is 0 Å². The monoisotopic (exact) mass is 204 g/mol. The molecule has 76 valence electrons. The van der Waals surface area contributed by atoms with Gasteiger partial charge >= 0.3 is 0 Å². The highest BCUT2D eigenvalue weighted by Gasteiger charge is 2.13. The normalized spacial score (nSPS) is 20.4. The van der Waals surface area contributed by atoms with Crippen LogP contribution in [0.4, 0.5) is 0 Å². The van der Waals surface area contributed by atoms with E-state index in [2.05, 4.69) is 4.90 Å². The van der Waals surface area contributed by atoms with E-state index < -0.39 is 10.0 Å². The molecule has 0 spiro atoms. The van der Waals surface area contributed by atoms with E-state index in [-0.39, 0.29) is 5.75 Å². The van der Waals surface area contributed by atoms with Crippen LogP contribution in [0.1, 0.15) is 19.3 Å². The Morgan fingerprint density at radius 3 is 2.38 bits per heavy atom. The molecule has 0 bridgehead atoms. The second kappa shape index (κ2) is 4.93. The molecule has 1 saturated heterocycles. The average Bonchev–Trinajstić information content (AvgIpc) is 2.17. The van der Waals surface area contributed by atoms with Crippen molar-refractivity contribution in [2.24, 2.45) is 0 Å². The molecule has 0 aromatic rings. The second-order valence-corrected chi connectivity index (χ2v) is 5.21. The van der Waals surface area contributed by atoms with E-state index in [1.165, 1.54) is 19.3 Å². The van der Waals surface area contributed by atoms with Crippen molar-refractivity contribution in [3.8, 4) is 0 Å². The largest absolute Gasteiger partial charge is 0.302 e. The summed E-state index contributed by atoms with van der Waals surface area (Å²) in [6, 6.07) is 0. The maximum Gasteiger partial charge on any atom is 0.213 e. The summed E-state index contributed by atoms with van der Waals surface area (Å²) in [6.07, 6.45) is 3.62. The van der Waals surface area contributed by atoms with Crippen molar-refractivity contribution in [2.75, 3.05) is 25.4 Å². The minimum Gasteiger partial charge on any atom is -0.302 e. The van der Waals surface area contributed by atoms with Gasteiger partial charge in [0.2, 0.25) is 10.0 Å². The van der Waals surface area contributed by atoms with Crippen LogP contribution in [0, 0.1) is 7.05 Å². The van der Waals surface area contributed by atoms with Crippen LogP contribution >= 0.6 is 0 Å². The Bertz CT molecular complexity index is 233. The van der Waals surface area contributed by atoms with Gasteiger partial charge in [-0.3, -0.25) is 0 Å². The molecule has 1 heterocycles. The number of likely N-dealkylation sites (tertiary alicyclic amines) is 1. The van der Waals surface area contributed by atoms with E-state index in [1.807, 2.05) is 4.72 Å². The fraction of sp³-hybridized carbons (Fsp3) is 0.875. The summed E-state index contributed by atoms with van der Waals surface area (Å²) in [4.78, 5) is 2.17. The summed E-state index contributed by atoms with van der Waals surface area (Å²) in [5.74, 6) is 0.101. The second-order valence-electron chi connectivity index (χ2n) is 3.34. The zero-order valence-corrected chi connectivity index (χ0v) is 8.52. The molecule has 1 rings (SSSR count). The van der Waals surface area contributed by atoms with Gasteiger partial charge in [-0.25, -0.2) is 13.1 Å². The Morgan fingerprint density at radius 2 is 1.85 bits per heavy atom.